The molecule has 128 valence electrons. The van der Waals surface area contributed by atoms with Crippen LogP contribution in [0.2, 0.25) is 0 Å². The Labute approximate surface area is 155 Å². The number of nitrogens with one attached hydrogen (secondary N) is 1. The third-order valence-corrected chi connectivity index (χ3v) is 4.40. The molecule has 0 aliphatic rings. The first kappa shape index (κ1) is 16.2. The van der Waals surface area contributed by atoms with Crippen LogP contribution in [0.25, 0.3) is 22.2 Å². The highest BCUT2D eigenvalue weighted by Gasteiger charge is 2.12. The summed E-state index contributed by atoms with van der Waals surface area (Å²) in [5, 5.41) is 14.0. The molecule has 5 nitrogen and oxygen atoms in total. The van der Waals surface area contributed by atoms with E-state index in [1.807, 2.05) is 48.5 Å². The lowest BCUT2D eigenvalue weighted by Gasteiger charge is -2.07. The Balaban J connectivity index is 1.81. The molecule has 0 aliphatic heterocycles. The molecule has 0 radical (unpaired) electrons. The molecule has 1 heterocycles. The summed E-state index contributed by atoms with van der Waals surface area (Å²) >= 11 is 5.35. The summed E-state index contributed by atoms with van der Waals surface area (Å²) in [6.07, 6.45) is 1.80. The van der Waals surface area contributed by atoms with E-state index in [9.17, 15) is 0 Å². The number of para-hydroxylation sites is 1. The number of aromatic amines is 1. The van der Waals surface area contributed by atoms with Gasteiger partial charge in [0.1, 0.15) is 5.75 Å². The number of nitrogens with zero attached hydrogens (tertiary/aromatic N) is 3. The topological polar surface area (TPSA) is 55.2 Å². The molecule has 6 heteroatoms. The van der Waals surface area contributed by atoms with E-state index in [1.54, 1.807) is 18.0 Å². The highest BCUT2D eigenvalue weighted by atomic mass is 32.1. The van der Waals surface area contributed by atoms with Gasteiger partial charge in [-0.1, -0.05) is 54.6 Å². The number of hydrogen-bond donors (Lipinski definition) is 1. The quantitative estimate of drug-likeness (QED) is 0.426. The Morgan fingerprint density at radius 3 is 2.69 bits per heavy atom. The normalized spacial score (nSPS) is 11.3. The Morgan fingerprint density at radius 1 is 1.04 bits per heavy atom. The van der Waals surface area contributed by atoms with Gasteiger partial charge in [-0.3, -0.25) is 0 Å². The van der Waals surface area contributed by atoms with Gasteiger partial charge in [0, 0.05) is 5.56 Å². The lowest BCUT2D eigenvalue weighted by molar-refractivity contribution is 0.416. The molecular formula is C20H16N4OS. The van der Waals surface area contributed by atoms with Crippen LogP contribution in [0.4, 0.5) is 0 Å². The lowest BCUT2D eigenvalue weighted by atomic mass is 10.1. The summed E-state index contributed by atoms with van der Waals surface area (Å²) in [7, 11) is 1.63. The maximum absolute atomic E-state index is 5.43. The summed E-state index contributed by atoms with van der Waals surface area (Å²) in [5.41, 5.74) is 1.83. The van der Waals surface area contributed by atoms with Crippen LogP contribution in [0, 0.1) is 4.77 Å². The SMILES string of the molecule is COc1ccccc1-c1n[nH]c(=S)n1N=Cc1cccc2ccccc12. The van der Waals surface area contributed by atoms with E-state index in [4.69, 9.17) is 17.0 Å². The largest absolute Gasteiger partial charge is 0.496 e. The Bertz CT molecular complexity index is 1150. The van der Waals surface area contributed by atoms with E-state index in [1.165, 1.54) is 0 Å². The van der Waals surface area contributed by atoms with Gasteiger partial charge in [-0.25, -0.2) is 5.10 Å². The van der Waals surface area contributed by atoms with Crippen molar-refractivity contribution in [2.24, 2.45) is 5.10 Å². The molecular weight excluding hydrogens is 344 g/mol. The van der Waals surface area contributed by atoms with Gasteiger partial charge < -0.3 is 4.74 Å². The standard InChI is InChI=1S/C20H16N4OS/c1-25-18-12-5-4-11-17(18)19-22-23-20(26)24(19)21-13-15-9-6-8-14-7-2-3-10-16(14)15/h2-13H,1H3,(H,23,26). The van der Waals surface area contributed by atoms with E-state index in [2.05, 4.69) is 33.5 Å². The second-order valence-corrected chi connectivity index (χ2v) is 6.06. The van der Waals surface area contributed by atoms with Crippen molar-refractivity contribution in [1.29, 1.82) is 0 Å². The summed E-state index contributed by atoms with van der Waals surface area (Å²) in [6, 6.07) is 22.0. The van der Waals surface area contributed by atoms with Crippen LogP contribution in [0.1, 0.15) is 5.56 Å². The van der Waals surface area contributed by atoms with Crippen LogP contribution in [-0.2, 0) is 0 Å². The molecule has 1 N–H and O–H groups in total. The van der Waals surface area contributed by atoms with Crippen molar-refractivity contribution >= 4 is 29.2 Å². The van der Waals surface area contributed by atoms with Gasteiger partial charge in [0.05, 0.1) is 18.9 Å². The molecule has 26 heavy (non-hydrogen) atoms. The number of H-pyrrole nitrogens is 1. The average molecular weight is 360 g/mol. The van der Waals surface area contributed by atoms with Crippen LogP contribution < -0.4 is 4.74 Å². The van der Waals surface area contributed by atoms with Crippen molar-refractivity contribution in [3.63, 3.8) is 0 Å². The number of hydrogen-bond acceptors (Lipinski definition) is 4. The third-order valence-electron chi connectivity index (χ3n) is 4.13. The Hall–Kier alpha value is -3.25. The van der Waals surface area contributed by atoms with E-state index >= 15 is 0 Å². The van der Waals surface area contributed by atoms with E-state index < -0.39 is 0 Å². The monoisotopic (exact) mass is 360 g/mol. The minimum absolute atomic E-state index is 0.419. The molecule has 3 aromatic carbocycles. The van der Waals surface area contributed by atoms with Crippen LogP contribution >= 0.6 is 12.2 Å². The van der Waals surface area contributed by atoms with Gasteiger partial charge in [-0.2, -0.15) is 14.9 Å². The molecule has 0 saturated heterocycles. The molecule has 0 atom stereocenters. The lowest BCUT2D eigenvalue weighted by Crippen LogP contribution is -1.97. The molecule has 1 aromatic heterocycles. The second-order valence-electron chi connectivity index (χ2n) is 5.68. The zero-order valence-electron chi connectivity index (χ0n) is 14.1. The van der Waals surface area contributed by atoms with Gasteiger partial charge in [0.2, 0.25) is 4.77 Å². The summed E-state index contributed by atoms with van der Waals surface area (Å²) < 4.78 is 7.46. The predicted octanol–water partition coefficient (Wildman–Crippen LogP) is 4.65. The number of ether oxygens (including phenoxy) is 1. The number of aromatic nitrogens is 3. The number of benzene rings is 3. The fourth-order valence-corrected chi connectivity index (χ4v) is 3.06. The first-order valence-corrected chi connectivity index (χ1v) is 8.51. The maximum atomic E-state index is 5.43. The fourth-order valence-electron chi connectivity index (χ4n) is 2.89. The highest BCUT2D eigenvalue weighted by molar-refractivity contribution is 7.71. The molecule has 4 aromatic rings. The van der Waals surface area contributed by atoms with Crippen molar-refractivity contribution in [2.45, 2.75) is 0 Å². The van der Waals surface area contributed by atoms with Crippen LogP contribution in [0.15, 0.2) is 71.8 Å². The first-order valence-electron chi connectivity index (χ1n) is 8.11. The molecule has 0 aliphatic carbocycles. The van der Waals surface area contributed by atoms with Crippen LogP contribution in [-0.4, -0.2) is 28.2 Å². The fraction of sp³-hybridized carbons (Fsp3) is 0.0500. The first-order chi connectivity index (χ1) is 12.8. The minimum atomic E-state index is 0.419. The number of fused-ring (bicyclic) bond motifs is 1. The zero-order valence-corrected chi connectivity index (χ0v) is 14.9. The van der Waals surface area contributed by atoms with Crippen molar-refractivity contribution in [2.75, 3.05) is 7.11 Å². The van der Waals surface area contributed by atoms with Gasteiger partial charge in [-0.05, 0) is 35.1 Å². The van der Waals surface area contributed by atoms with Gasteiger partial charge >= 0.3 is 0 Å². The van der Waals surface area contributed by atoms with Crippen molar-refractivity contribution in [3.05, 3.63) is 77.1 Å². The molecule has 0 spiro atoms. The Kier molecular flexibility index (Phi) is 4.33. The summed E-state index contributed by atoms with van der Waals surface area (Å²) in [5.74, 6) is 1.31. The van der Waals surface area contributed by atoms with Crippen molar-refractivity contribution in [3.8, 4) is 17.1 Å². The van der Waals surface area contributed by atoms with Crippen LogP contribution in [0.3, 0.4) is 0 Å². The summed E-state index contributed by atoms with van der Waals surface area (Å²) in [6.45, 7) is 0. The van der Waals surface area contributed by atoms with E-state index in [0.29, 0.717) is 16.3 Å². The molecule has 0 bridgehead atoms. The van der Waals surface area contributed by atoms with Crippen molar-refractivity contribution in [1.82, 2.24) is 14.9 Å². The van der Waals surface area contributed by atoms with E-state index in [-0.39, 0.29) is 0 Å². The zero-order chi connectivity index (χ0) is 17.9. The molecule has 0 unspecified atom stereocenters. The second kappa shape index (κ2) is 6.93. The van der Waals surface area contributed by atoms with Gasteiger partial charge in [-0.15, -0.1) is 0 Å². The molecule has 0 saturated carbocycles. The number of rotatable bonds is 4. The molecule has 4 rings (SSSR count). The van der Waals surface area contributed by atoms with Gasteiger partial charge in [0.15, 0.2) is 5.82 Å². The average Bonchev–Trinajstić information content (AvgIpc) is 3.06. The molecule has 0 amide bonds. The molecule has 0 fully saturated rings. The smallest absolute Gasteiger partial charge is 0.216 e. The summed E-state index contributed by atoms with van der Waals surface area (Å²) in [4.78, 5) is 0. The Morgan fingerprint density at radius 2 is 1.81 bits per heavy atom. The van der Waals surface area contributed by atoms with Crippen LogP contribution in [0.5, 0.6) is 5.75 Å². The maximum Gasteiger partial charge on any atom is 0.216 e. The predicted molar refractivity (Wildman–Crippen MR) is 106 cm³/mol. The highest BCUT2D eigenvalue weighted by Crippen LogP contribution is 2.28. The van der Waals surface area contributed by atoms with E-state index in [0.717, 1.165) is 21.9 Å². The third kappa shape index (κ3) is 2.91. The van der Waals surface area contributed by atoms with Crippen molar-refractivity contribution < 1.29 is 4.74 Å². The van der Waals surface area contributed by atoms with Gasteiger partial charge in [0.25, 0.3) is 0 Å². The number of methoxy groups -OCH3 is 1. The minimum Gasteiger partial charge on any atom is -0.496 e.